The van der Waals surface area contributed by atoms with Gasteiger partial charge in [-0.15, -0.1) is 0 Å². The van der Waals surface area contributed by atoms with Crippen LogP contribution in [-0.2, 0) is 11.3 Å². The first-order valence-corrected chi connectivity index (χ1v) is 9.32. The number of halogens is 1. The van der Waals surface area contributed by atoms with Crippen molar-refractivity contribution < 1.29 is 14.3 Å². The summed E-state index contributed by atoms with van der Waals surface area (Å²) in [7, 11) is 3.42. The predicted octanol–water partition coefficient (Wildman–Crippen LogP) is 3.35. The maximum Gasteiger partial charge on any atom is 0.259 e. The lowest BCUT2D eigenvalue weighted by atomic mass is 10.1. The van der Waals surface area contributed by atoms with Crippen LogP contribution in [0.2, 0.25) is 0 Å². The number of nitrogens with zero attached hydrogens (tertiary/aromatic N) is 1. The molecule has 1 aliphatic rings. The van der Waals surface area contributed by atoms with Gasteiger partial charge in [-0.25, -0.2) is 0 Å². The molecule has 24 heavy (non-hydrogen) atoms. The lowest BCUT2D eigenvalue weighted by Gasteiger charge is -2.18. The normalized spacial score (nSPS) is 14.7. The minimum absolute atomic E-state index is 0.00859. The number of benzene rings is 1. The van der Waals surface area contributed by atoms with Crippen LogP contribution < -0.4 is 14.8 Å². The molecule has 0 saturated heterocycles. The molecule has 1 aromatic rings. The number of hydrogen-bond acceptors (Lipinski definition) is 4. The second-order valence-corrected chi connectivity index (χ2v) is 7.13. The van der Waals surface area contributed by atoms with Gasteiger partial charge in [-0.05, 0) is 53.4 Å². The number of hydrogen-bond donors (Lipinski definition) is 1. The van der Waals surface area contributed by atoms with Crippen molar-refractivity contribution in [3.63, 3.8) is 0 Å². The third-order valence-corrected chi connectivity index (χ3v) is 4.75. The van der Waals surface area contributed by atoms with E-state index in [1.54, 1.807) is 14.1 Å². The maximum atomic E-state index is 11.7. The summed E-state index contributed by atoms with van der Waals surface area (Å²) in [5.41, 5.74) is 1.14. The Morgan fingerprint density at radius 1 is 1.29 bits per heavy atom. The fraction of sp³-hybridized carbons (Fsp3) is 0.611. The van der Waals surface area contributed by atoms with E-state index in [9.17, 15) is 4.79 Å². The lowest BCUT2D eigenvalue weighted by molar-refractivity contribution is -0.130. The fourth-order valence-corrected chi connectivity index (χ4v) is 3.39. The first-order chi connectivity index (χ1) is 11.5. The quantitative estimate of drug-likeness (QED) is 0.729. The van der Waals surface area contributed by atoms with Crippen LogP contribution >= 0.6 is 15.9 Å². The molecule has 0 heterocycles. The Kier molecular flexibility index (Phi) is 7.37. The first kappa shape index (κ1) is 19.1. The summed E-state index contributed by atoms with van der Waals surface area (Å²) in [6.07, 6.45) is 5.15. The third kappa shape index (κ3) is 5.38. The van der Waals surface area contributed by atoms with Crippen LogP contribution in [0.15, 0.2) is 16.6 Å². The van der Waals surface area contributed by atoms with Gasteiger partial charge in [0.25, 0.3) is 5.91 Å². The van der Waals surface area contributed by atoms with E-state index in [4.69, 9.17) is 9.47 Å². The smallest absolute Gasteiger partial charge is 0.259 e. The summed E-state index contributed by atoms with van der Waals surface area (Å²) < 4.78 is 12.2. The summed E-state index contributed by atoms with van der Waals surface area (Å²) in [5.74, 6) is 1.16. The van der Waals surface area contributed by atoms with Crippen LogP contribution in [0.4, 0.5) is 0 Å². The molecule has 5 nitrogen and oxygen atoms in total. The van der Waals surface area contributed by atoms with Crippen LogP contribution in [0.3, 0.4) is 0 Å². The van der Waals surface area contributed by atoms with Gasteiger partial charge in [0, 0.05) is 26.7 Å². The second-order valence-electron chi connectivity index (χ2n) is 6.28. The second kappa shape index (κ2) is 9.28. The Labute approximate surface area is 152 Å². The van der Waals surface area contributed by atoms with E-state index in [-0.39, 0.29) is 12.5 Å². The standard InChI is InChI=1S/C18H27BrN2O3/c1-4-23-16-10-13(11-20-14-7-5-6-8-14)9-15(19)18(16)24-12-17(22)21(2)3/h9-10,14,20H,4-8,11-12H2,1-3H3. The SMILES string of the molecule is CCOc1cc(CNC2CCCC2)cc(Br)c1OCC(=O)N(C)C. The Bertz CT molecular complexity index is 557. The van der Waals surface area contributed by atoms with E-state index >= 15 is 0 Å². The highest BCUT2D eigenvalue weighted by Gasteiger charge is 2.17. The molecule has 0 radical (unpaired) electrons. The molecule has 1 N–H and O–H groups in total. The van der Waals surface area contributed by atoms with E-state index in [0.717, 1.165) is 16.6 Å². The molecule has 1 saturated carbocycles. The van der Waals surface area contributed by atoms with E-state index in [2.05, 4.69) is 21.2 Å². The minimum atomic E-state index is -0.0867. The highest BCUT2D eigenvalue weighted by Crippen LogP contribution is 2.37. The monoisotopic (exact) mass is 398 g/mol. The Hall–Kier alpha value is -1.27. The van der Waals surface area contributed by atoms with Gasteiger partial charge in [0.05, 0.1) is 11.1 Å². The van der Waals surface area contributed by atoms with Crippen molar-refractivity contribution in [1.82, 2.24) is 10.2 Å². The first-order valence-electron chi connectivity index (χ1n) is 8.52. The maximum absolute atomic E-state index is 11.7. The van der Waals surface area contributed by atoms with Crippen LogP contribution in [0, 0.1) is 0 Å². The Balaban J connectivity index is 2.07. The van der Waals surface area contributed by atoms with Crippen LogP contribution in [-0.4, -0.2) is 44.2 Å². The highest BCUT2D eigenvalue weighted by molar-refractivity contribution is 9.10. The number of carbonyl (C=O) groups excluding carboxylic acids is 1. The van der Waals surface area contributed by atoms with Crippen molar-refractivity contribution in [3.05, 3.63) is 22.2 Å². The zero-order valence-electron chi connectivity index (χ0n) is 14.7. The molecule has 1 fully saturated rings. The summed E-state index contributed by atoms with van der Waals surface area (Å²) in [6.45, 7) is 3.28. The largest absolute Gasteiger partial charge is 0.490 e. The molecular formula is C18H27BrN2O3. The van der Waals surface area contributed by atoms with Crippen molar-refractivity contribution in [2.75, 3.05) is 27.3 Å². The van der Waals surface area contributed by atoms with Gasteiger partial charge < -0.3 is 19.7 Å². The molecule has 0 unspecified atom stereocenters. The molecule has 134 valence electrons. The molecule has 0 aromatic heterocycles. The Morgan fingerprint density at radius 3 is 2.62 bits per heavy atom. The van der Waals surface area contributed by atoms with Crippen molar-refractivity contribution in [2.24, 2.45) is 0 Å². The number of rotatable bonds is 8. The number of ether oxygens (including phenoxy) is 2. The molecule has 0 bridgehead atoms. The predicted molar refractivity (Wildman–Crippen MR) is 98.6 cm³/mol. The Morgan fingerprint density at radius 2 is 2.00 bits per heavy atom. The zero-order chi connectivity index (χ0) is 17.5. The molecule has 1 amide bonds. The molecular weight excluding hydrogens is 372 g/mol. The molecule has 2 rings (SSSR count). The highest BCUT2D eigenvalue weighted by atomic mass is 79.9. The lowest BCUT2D eigenvalue weighted by Crippen LogP contribution is -2.27. The summed E-state index contributed by atoms with van der Waals surface area (Å²) in [5, 5.41) is 3.60. The van der Waals surface area contributed by atoms with Crippen molar-refractivity contribution >= 4 is 21.8 Å². The number of nitrogens with one attached hydrogen (secondary N) is 1. The van der Waals surface area contributed by atoms with Gasteiger partial charge in [0.15, 0.2) is 18.1 Å². The zero-order valence-corrected chi connectivity index (χ0v) is 16.3. The van der Waals surface area contributed by atoms with Gasteiger partial charge in [-0.2, -0.15) is 0 Å². The van der Waals surface area contributed by atoms with Crippen LogP contribution in [0.1, 0.15) is 38.2 Å². The summed E-state index contributed by atoms with van der Waals surface area (Å²) in [6, 6.07) is 4.64. The van der Waals surface area contributed by atoms with Gasteiger partial charge in [0.1, 0.15) is 0 Å². The summed E-state index contributed by atoms with van der Waals surface area (Å²) in [4.78, 5) is 13.3. The molecule has 1 aromatic carbocycles. The van der Waals surface area contributed by atoms with Crippen molar-refractivity contribution in [2.45, 2.75) is 45.2 Å². The summed E-state index contributed by atoms with van der Waals surface area (Å²) >= 11 is 3.55. The van der Waals surface area contributed by atoms with Crippen LogP contribution in [0.25, 0.3) is 0 Å². The van der Waals surface area contributed by atoms with Crippen molar-refractivity contribution in [1.29, 1.82) is 0 Å². The van der Waals surface area contributed by atoms with Gasteiger partial charge in [-0.1, -0.05) is 12.8 Å². The van der Waals surface area contributed by atoms with E-state index in [0.29, 0.717) is 24.1 Å². The molecule has 0 aliphatic heterocycles. The fourth-order valence-electron chi connectivity index (χ4n) is 2.78. The van der Waals surface area contributed by atoms with Crippen LogP contribution in [0.5, 0.6) is 11.5 Å². The van der Waals surface area contributed by atoms with Gasteiger partial charge in [-0.3, -0.25) is 4.79 Å². The molecule has 1 aliphatic carbocycles. The molecule has 0 spiro atoms. The average Bonchev–Trinajstić information content (AvgIpc) is 3.05. The number of amides is 1. The molecule has 6 heteroatoms. The van der Waals surface area contributed by atoms with Gasteiger partial charge in [0.2, 0.25) is 0 Å². The van der Waals surface area contributed by atoms with E-state index < -0.39 is 0 Å². The van der Waals surface area contributed by atoms with E-state index in [1.165, 1.54) is 30.6 Å². The average molecular weight is 399 g/mol. The number of carbonyl (C=O) groups is 1. The van der Waals surface area contributed by atoms with E-state index in [1.807, 2.05) is 19.1 Å². The minimum Gasteiger partial charge on any atom is -0.490 e. The number of likely N-dealkylation sites (N-methyl/N-ethyl adjacent to an activating group) is 1. The topological polar surface area (TPSA) is 50.8 Å². The molecule has 0 atom stereocenters. The van der Waals surface area contributed by atoms with Gasteiger partial charge >= 0.3 is 0 Å². The van der Waals surface area contributed by atoms with Crippen molar-refractivity contribution in [3.8, 4) is 11.5 Å². The third-order valence-electron chi connectivity index (χ3n) is 4.16.